The van der Waals surface area contributed by atoms with Crippen molar-refractivity contribution in [1.29, 1.82) is 0 Å². The highest BCUT2D eigenvalue weighted by Crippen LogP contribution is 2.14. The topological polar surface area (TPSA) is 90.9 Å². The van der Waals surface area contributed by atoms with Crippen LogP contribution in [0.2, 0.25) is 0 Å². The molecule has 0 bridgehead atoms. The van der Waals surface area contributed by atoms with E-state index in [2.05, 4.69) is 10.4 Å². The Morgan fingerprint density at radius 2 is 2.00 bits per heavy atom. The monoisotopic (exact) mass is 319 g/mol. The lowest BCUT2D eigenvalue weighted by molar-refractivity contribution is 0.102. The normalized spacial score (nSPS) is 12.2. The van der Waals surface area contributed by atoms with Crippen LogP contribution in [0.25, 0.3) is 0 Å². The van der Waals surface area contributed by atoms with Gasteiger partial charge in [0, 0.05) is 32.0 Å². The molecule has 0 saturated heterocycles. The summed E-state index contributed by atoms with van der Waals surface area (Å²) in [6, 6.07) is 1.86. The second kappa shape index (κ2) is 6.23. The van der Waals surface area contributed by atoms with Gasteiger partial charge in [-0.1, -0.05) is 6.92 Å². The molecular weight excluding hydrogens is 298 g/mol. The Bertz CT molecular complexity index is 859. The van der Waals surface area contributed by atoms with Crippen LogP contribution in [-0.4, -0.2) is 24.8 Å². The Balaban J connectivity index is 2.34. The van der Waals surface area contributed by atoms with Crippen LogP contribution in [0.4, 0.5) is 5.69 Å². The van der Waals surface area contributed by atoms with E-state index >= 15 is 0 Å². The largest absolute Gasteiger partial charge is 0.330 e. The summed E-state index contributed by atoms with van der Waals surface area (Å²) in [4.78, 5) is 36.0. The predicted molar refractivity (Wildman–Crippen MR) is 86.8 cm³/mol. The summed E-state index contributed by atoms with van der Waals surface area (Å²) in [6.45, 7) is 5.94. The van der Waals surface area contributed by atoms with E-state index in [1.807, 2.05) is 20.8 Å². The predicted octanol–water partition coefficient (Wildman–Crippen LogP) is 0.812. The number of amides is 1. The van der Waals surface area contributed by atoms with Gasteiger partial charge in [-0.2, -0.15) is 5.10 Å². The Kier molecular flexibility index (Phi) is 4.53. The van der Waals surface area contributed by atoms with Crippen molar-refractivity contribution in [2.24, 2.45) is 14.1 Å². The summed E-state index contributed by atoms with van der Waals surface area (Å²) in [6.07, 6.45) is 2.20. The summed E-state index contributed by atoms with van der Waals surface area (Å²) >= 11 is 0. The van der Waals surface area contributed by atoms with Crippen molar-refractivity contribution in [3.8, 4) is 0 Å². The minimum Gasteiger partial charge on any atom is -0.315 e. The number of aryl methyl sites for hydroxylation is 2. The summed E-state index contributed by atoms with van der Waals surface area (Å²) in [5.41, 5.74) is 0.135. The maximum absolute atomic E-state index is 12.3. The lowest BCUT2D eigenvalue weighted by atomic mass is 10.2. The minimum absolute atomic E-state index is 0.0374. The molecule has 0 aliphatic heterocycles. The highest BCUT2D eigenvalue weighted by molar-refractivity contribution is 6.02. The van der Waals surface area contributed by atoms with E-state index < -0.39 is 17.2 Å². The van der Waals surface area contributed by atoms with Gasteiger partial charge in [0.05, 0.1) is 0 Å². The zero-order chi connectivity index (χ0) is 17.3. The van der Waals surface area contributed by atoms with E-state index in [1.165, 1.54) is 24.9 Å². The molecule has 124 valence electrons. The van der Waals surface area contributed by atoms with Gasteiger partial charge in [0.2, 0.25) is 0 Å². The number of anilines is 1. The molecule has 23 heavy (non-hydrogen) atoms. The number of hydrogen-bond donors (Lipinski definition) is 1. The summed E-state index contributed by atoms with van der Waals surface area (Å²) < 4.78 is 3.96. The van der Waals surface area contributed by atoms with Gasteiger partial charge >= 0.3 is 5.69 Å². The van der Waals surface area contributed by atoms with Gasteiger partial charge in [-0.3, -0.25) is 18.8 Å². The molecule has 8 heteroatoms. The average molecular weight is 319 g/mol. The summed E-state index contributed by atoms with van der Waals surface area (Å²) in [7, 11) is 2.88. The summed E-state index contributed by atoms with van der Waals surface area (Å²) in [5, 5.41) is 6.82. The molecule has 0 radical (unpaired) electrons. The van der Waals surface area contributed by atoms with Crippen molar-refractivity contribution >= 4 is 11.6 Å². The molecule has 8 nitrogen and oxygen atoms in total. The molecule has 0 aromatic carbocycles. The molecule has 0 fully saturated rings. The minimum atomic E-state index is -0.556. The third-order valence-corrected chi connectivity index (χ3v) is 3.86. The first-order chi connectivity index (χ1) is 10.8. The van der Waals surface area contributed by atoms with Crippen molar-refractivity contribution in [3.05, 3.63) is 44.5 Å². The third-order valence-electron chi connectivity index (χ3n) is 3.86. The van der Waals surface area contributed by atoms with Gasteiger partial charge < -0.3 is 9.88 Å². The number of aromatic nitrogens is 4. The van der Waals surface area contributed by atoms with E-state index in [4.69, 9.17) is 0 Å². The smallest absolute Gasteiger partial charge is 0.315 e. The molecule has 2 heterocycles. The summed E-state index contributed by atoms with van der Waals surface area (Å²) in [5.74, 6) is -0.481. The van der Waals surface area contributed by atoms with Crippen LogP contribution in [0.15, 0.2) is 21.9 Å². The molecule has 2 aromatic heterocycles. The number of nitrogens with one attached hydrogen (secondary N) is 1. The van der Waals surface area contributed by atoms with Gasteiger partial charge in [0.25, 0.3) is 11.5 Å². The molecule has 0 spiro atoms. The van der Waals surface area contributed by atoms with E-state index in [1.54, 1.807) is 10.7 Å². The third kappa shape index (κ3) is 3.10. The standard InChI is InChI=1S/C15H21N5O3/c1-6-9(2)20-10(3)7-11(17-20)13(21)16-12-8-18(4)15(23)19(5)14(12)22/h7-9H,6H2,1-5H3,(H,16,21). The molecule has 0 saturated carbocycles. The van der Waals surface area contributed by atoms with Crippen molar-refractivity contribution in [2.45, 2.75) is 33.2 Å². The average Bonchev–Trinajstić information content (AvgIpc) is 2.91. The van der Waals surface area contributed by atoms with Crippen LogP contribution in [0, 0.1) is 6.92 Å². The van der Waals surface area contributed by atoms with Crippen LogP contribution in [-0.2, 0) is 14.1 Å². The van der Waals surface area contributed by atoms with Crippen molar-refractivity contribution < 1.29 is 4.79 Å². The van der Waals surface area contributed by atoms with Crippen LogP contribution < -0.4 is 16.6 Å². The molecule has 1 amide bonds. The quantitative estimate of drug-likeness (QED) is 0.903. The molecule has 0 aliphatic rings. The Hall–Kier alpha value is -2.64. The zero-order valence-electron chi connectivity index (χ0n) is 14.0. The molecule has 1 N–H and O–H groups in total. The fourth-order valence-electron chi connectivity index (χ4n) is 2.30. The van der Waals surface area contributed by atoms with Crippen LogP contribution >= 0.6 is 0 Å². The van der Waals surface area contributed by atoms with E-state index in [-0.39, 0.29) is 17.4 Å². The number of hydrogen-bond acceptors (Lipinski definition) is 4. The van der Waals surface area contributed by atoms with Crippen LogP contribution in [0.1, 0.15) is 42.5 Å². The van der Waals surface area contributed by atoms with Gasteiger partial charge in [-0.25, -0.2) is 4.79 Å². The maximum atomic E-state index is 12.3. The second-order valence-corrected chi connectivity index (χ2v) is 5.63. The SMILES string of the molecule is CCC(C)n1nc(C(=O)Nc2cn(C)c(=O)n(C)c2=O)cc1C. The first-order valence-corrected chi connectivity index (χ1v) is 7.40. The highest BCUT2D eigenvalue weighted by Gasteiger charge is 2.17. The number of carbonyl (C=O) groups excluding carboxylic acids is 1. The molecule has 1 unspecified atom stereocenters. The fourth-order valence-corrected chi connectivity index (χ4v) is 2.30. The van der Waals surface area contributed by atoms with Crippen molar-refractivity contribution in [2.75, 3.05) is 5.32 Å². The Morgan fingerprint density at radius 3 is 2.61 bits per heavy atom. The van der Waals surface area contributed by atoms with E-state index in [0.29, 0.717) is 0 Å². The van der Waals surface area contributed by atoms with Gasteiger partial charge in [-0.05, 0) is 26.3 Å². The van der Waals surface area contributed by atoms with Crippen molar-refractivity contribution in [3.63, 3.8) is 0 Å². The van der Waals surface area contributed by atoms with Gasteiger partial charge in [0.1, 0.15) is 5.69 Å². The first-order valence-electron chi connectivity index (χ1n) is 7.40. The number of carbonyl (C=O) groups is 1. The highest BCUT2D eigenvalue weighted by atomic mass is 16.2. The van der Waals surface area contributed by atoms with E-state index in [9.17, 15) is 14.4 Å². The molecule has 2 rings (SSSR count). The van der Waals surface area contributed by atoms with Gasteiger partial charge in [0.15, 0.2) is 5.69 Å². The first kappa shape index (κ1) is 16.7. The molecule has 2 aromatic rings. The van der Waals surface area contributed by atoms with Gasteiger partial charge in [-0.15, -0.1) is 0 Å². The zero-order valence-corrected chi connectivity index (χ0v) is 14.0. The van der Waals surface area contributed by atoms with Crippen LogP contribution in [0.3, 0.4) is 0 Å². The van der Waals surface area contributed by atoms with Crippen LogP contribution in [0.5, 0.6) is 0 Å². The number of rotatable bonds is 4. The molecular formula is C15H21N5O3. The lowest BCUT2D eigenvalue weighted by Gasteiger charge is -2.11. The lowest BCUT2D eigenvalue weighted by Crippen LogP contribution is -2.38. The van der Waals surface area contributed by atoms with E-state index in [0.717, 1.165) is 16.7 Å². The fraction of sp³-hybridized carbons (Fsp3) is 0.467. The Labute approximate surface area is 133 Å². The Morgan fingerprint density at radius 1 is 1.35 bits per heavy atom. The van der Waals surface area contributed by atoms with Crippen molar-refractivity contribution in [1.82, 2.24) is 18.9 Å². The number of nitrogens with zero attached hydrogens (tertiary/aromatic N) is 4. The second-order valence-electron chi connectivity index (χ2n) is 5.63. The molecule has 1 atom stereocenters. The maximum Gasteiger partial charge on any atom is 0.330 e. The molecule has 0 aliphatic carbocycles.